The van der Waals surface area contributed by atoms with Gasteiger partial charge in [0.1, 0.15) is 0 Å². The third kappa shape index (κ3) is 4.51. The minimum absolute atomic E-state index is 0.292. The molecule has 4 rings (SSSR count). The molecule has 28 heavy (non-hydrogen) atoms. The third-order valence-electron chi connectivity index (χ3n) is 8.08. The van der Waals surface area contributed by atoms with Crippen LogP contribution in [0.15, 0.2) is 4.99 Å². The Morgan fingerprint density at radius 1 is 0.929 bits per heavy atom. The van der Waals surface area contributed by atoms with Crippen LogP contribution in [0.3, 0.4) is 0 Å². The van der Waals surface area contributed by atoms with E-state index in [-0.39, 0.29) is 0 Å². The summed E-state index contributed by atoms with van der Waals surface area (Å²) in [6.45, 7) is 11.6. The van der Waals surface area contributed by atoms with Crippen LogP contribution in [0.25, 0.3) is 0 Å². The van der Waals surface area contributed by atoms with Gasteiger partial charge in [-0.15, -0.1) is 0 Å². The van der Waals surface area contributed by atoms with Gasteiger partial charge in [-0.05, 0) is 90.5 Å². The van der Waals surface area contributed by atoms with Crippen molar-refractivity contribution in [2.75, 3.05) is 59.4 Å². The first kappa shape index (κ1) is 20.5. The van der Waals surface area contributed by atoms with Crippen molar-refractivity contribution in [3.63, 3.8) is 0 Å². The molecule has 5 heteroatoms. The molecule has 3 aliphatic heterocycles. The van der Waals surface area contributed by atoms with Gasteiger partial charge in [0.2, 0.25) is 0 Å². The topological polar surface area (TPSA) is 34.1 Å². The molecule has 1 aliphatic carbocycles. The van der Waals surface area contributed by atoms with Crippen molar-refractivity contribution in [1.82, 2.24) is 20.0 Å². The SMILES string of the molecule is CCNC(=NCC1(N2CCCCC2)CCN(C)CC1)N1CC2CCCCC2C1. The molecule has 160 valence electrons. The average molecular weight is 390 g/mol. The molecule has 1 N–H and O–H groups in total. The number of rotatable bonds is 4. The Labute approximate surface area is 172 Å². The Balaban J connectivity index is 1.48. The predicted octanol–water partition coefficient (Wildman–Crippen LogP) is 3.02. The average Bonchev–Trinajstić information content (AvgIpc) is 3.17. The van der Waals surface area contributed by atoms with Gasteiger partial charge in [-0.2, -0.15) is 0 Å². The largest absolute Gasteiger partial charge is 0.357 e. The quantitative estimate of drug-likeness (QED) is 0.592. The molecule has 0 aromatic rings. The molecular formula is C23H43N5. The van der Waals surface area contributed by atoms with Gasteiger partial charge in [0.05, 0.1) is 6.54 Å². The Hall–Kier alpha value is -0.810. The molecule has 4 fully saturated rings. The maximum absolute atomic E-state index is 5.32. The lowest BCUT2D eigenvalue weighted by Crippen LogP contribution is -2.58. The van der Waals surface area contributed by atoms with E-state index in [9.17, 15) is 0 Å². The zero-order valence-electron chi connectivity index (χ0n) is 18.5. The molecule has 0 radical (unpaired) electrons. The molecule has 5 nitrogen and oxygen atoms in total. The summed E-state index contributed by atoms with van der Waals surface area (Å²) in [4.78, 5) is 13.2. The first-order chi connectivity index (χ1) is 13.7. The molecule has 4 aliphatic rings. The highest BCUT2D eigenvalue weighted by Crippen LogP contribution is 2.36. The van der Waals surface area contributed by atoms with Gasteiger partial charge in [-0.25, -0.2) is 0 Å². The maximum Gasteiger partial charge on any atom is 0.193 e. The van der Waals surface area contributed by atoms with Crippen molar-refractivity contribution in [2.24, 2.45) is 16.8 Å². The van der Waals surface area contributed by atoms with Gasteiger partial charge < -0.3 is 15.1 Å². The van der Waals surface area contributed by atoms with Crippen LogP contribution in [0.1, 0.15) is 64.7 Å². The van der Waals surface area contributed by atoms with Crippen LogP contribution < -0.4 is 5.32 Å². The monoisotopic (exact) mass is 389 g/mol. The lowest BCUT2D eigenvalue weighted by molar-refractivity contribution is 0.0206. The third-order valence-corrected chi connectivity index (χ3v) is 8.08. The van der Waals surface area contributed by atoms with Crippen LogP contribution in [0.4, 0.5) is 0 Å². The summed E-state index contributed by atoms with van der Waals surface area (Å²) in [5.41, 5.74) is 0.292. The number of fused-ring (bicyclic) bond motifs is 1. The highest BCUT2D eigenvalue weighted by Gasteiger charge is 2.40. The van der Waals surface area contributed by atoms with Gasteiger partial charge in [0, 0.05) is 25.2 Å². The lowest BCUT2D eigenvalue weighted by atomic mass is 9.82. The summed E-state index contributed by atoms with van der Waals surface area (Å²) in [6.07, 6.45) is 12.5. The Bertz CT molecular complexity index is 505. The summed E-state index contributed by atoms with van der Waals surface area (Å²) in [5, 5.41) is 3.65. The summed E-state index contributed by atoms with van der Waals surface area (Å²) in [6, 6.07) is 0. The number of hydrogen-bond acceptors (Lipinski definition) is 3. The smallest absolute Gasteiger partial charge is 0.193 e. The van der Waals surface area contributed by atoms with E-state index in [2.05, 4.69) is 34.0 Å². The Morgan fingerprint density at radius 2 is 1.57 bits per heavy atom. The van der Waals surface area contributed by atoms with E-state index in [4.69, 9.17) is 4.99 Å². The van der Waals surface area contributed by atoms with Crippen molar-refractivity contribution in [2.45, 2.75) is 70.3 Å². The van der Waals surface area contributed by atoms with Gasteiger partial charge in [-0.1, -0.05) is 19.3 Å². The van der Waals surface area contributed by atoms with Crippen LogP contribution >= 0.6 is 0 Å². The van der Waals surface area contributed by atoms with E-state index in [1.807, 2.05) is 0 Å². The molecule has 2 unspecified atom stereocenters. The minimum atomic E-state index is 0.292. The van der Waals surface area contributed by atoms with Crippen molar-refractivity contribution in [3.8, 4) is 0 Å². The molecule has 3 saturated heterocycles. The van der Waals surface area contributed by atoms with Crippen molar-refractivity contribution in [3.05, 3.63) is 0 Å². The summed E-state index contributed by atoms with van der Waals surface area (Å²) >= 11 is 0. The normalized spacial score (nSPS) is 32.4. The van der Waals surface area contributed by atoms with Gasteiger partial charge in [0.15, 0.2) is 5.96 Å². The van der Waals surface area contributed by atoms with Crippen LogP contribution in [-0.2, 0) is 0 Å². The number of aliphatic imine (C=N–C) groups is 1. The Morgan fingerprint density at radius 3 is 2.18 bits per heavy atom. The zero-order chi connectivity index (χ0) is 19.4. The van der Waals surface area contributed by atoms with Crippen LogP contribution in [0, 0.1) is 11.8 Å². The first-order valence-corrected chi connectivity index (χ1v) is 12.2. The minimum Gasteiger partial charge on any atom is -0.357 e. The second kappa shape index (κ2) is 9.34. The molecule has 0 aromatic carbocycles. The summed E-state index contributed by atoms with van der Waals surface area (Å²) in [7, 11) is 2.28. The van der Waals surface area contributed by atoms with Crippen LogP contribution in [0.5, 0.6) is 0 Å². The first-order valence-electron chi connectivity index (χ1n) is 12.2. The number of nitrogens with one attached hydrogen (secondary N) is 1. The van der Waals surface area contributed by atoms with Crippen molar-refractivity contribution < 1.29 is 0 Å². The van der Waals surface area contributed by atoms with E-state index in [1.54, 1.807) is 0 Å². The molecule has 0 aromatic heterocycles. The predicted molar refractivity (Wildman–Crippen MR) is 118 cm³/mol. The second-order valence-corrected chi connectivity index (χ2v) is 9.96. The number of hydrogen-bond donors (Lipinski definition) is 1. The molecule has 0 bridgehead atoms. The number of likely N-dealkylation sites (tertiary alicyclic amines) is 3. The molecule has 1 saturated carbocycles. The highest BCUT2D eigenvalue weighted by molar-refractivity contribution is 5.80. The van der Waals surface area contributed by atoms with Crippen molar-refractivity contribution >= 4 is 5.96 Å². The maximum atomic E-state index is 5.32. The summed E-state index contributed by atoms with van der Waals surface area (Å²) < 4.78 is 0. The van der Waals surface area contributed by atoms with E-state index < -0.39 is 0 Å². The van der Waals surface area contributed by atoms with Crippen molar-refractivity contribution in [1.29, 1.82) is 0 Å². The fourth-order valence-electron chi connectivity index (χ4n) is 6.20. The number of piperidine rings is 2. The molecular weight excluding hydrogens is 346 g/mol. The highest BCUT2D eigenvalue weighted by atomic mass is 15.3. The molecule has 0 amide bonds. The van der Waals surface area contributed by atoms with E-state index >= 15 is 0 Å². The zero-order valence-corrected chi connectivity index (χ0v) is 18.5. The van der Waals surface area contributed by atoms with Gasteiger partial charge in [0.25, 0.3) is 0 Å². The van der Waals surface area contributed by atoms with E-state index in [0.717, 1.165) is 24.9 Å². The fraction of sp³-hybridized carbons (Fsp3) is 0.957. The lowest BCUT2D eigenvalue weighted by Gasteiger charge is -2.49. The van der Waals surface area contributed by atoms with Gasteiger partial charge >= 0.3 is 0 Å². The molecule has 3 heterocycles. The van der Waals surface area contributed by atoms with Crippen LogP contribution in [0.2, 0.25) is 0 Å². The Kier molecular flexibility index (Phi) is 6.82. The van der Waals surface area contributed by atoms with Gasteiger partial charge in [-0.3, -0.25) is 9.89 Å². The second-order valence-electron chi connectivity index (χ2n) is 9.96. The fourth-order valence-corrected chi connectivity index (χ4v) is 6.20. The van der Waals surface area contributed by atoms with E-state index in [1.165, 1.54) is 103 Å². The number of guanidine groups is 1. The summed E-state index contributed by atoms with van der Waals surface area (Å²) in [5.74, 6) is 3.03. The van der Waals surface area contributed by atoms with Crippen LogP contribution in [-0.4, -0.2) is 85.6 Å². The molecule has 0 spiro atoms. The van der Waals surface area contributed by atoms with E-state index in [0.29, 0.717) is 5.54 Å². The number of nitrogens with zero attached hydrogens (tertiary/aromatic N) is 4. The standard InChI is InChI=1S/C23H43N5/c1-3-24-22(27-17-20-9-5-6-10-21(20)18-27)25-19-23(11-15-26(2)16-12-23)28-13-7-4-8-14-28/h20-21H,3-19H2,1-2H3,(H,24,25). The molecule has 2 atom stereocenters.